The lowest BCUT2D eigenvalue weighted by molar-refractivity contribution is -0.140. The second-order valence-electron chi connectivity index (χ2n) is 6.99. The number of carbonyl (C=O) groups is 4. The molecule has 0 radical (unpaired) electrons. The largest absolute Gasteiger partial charge is 0.480 e. The zero-order valence-corrected chi connectivity index (χ0v) is 18.2. The molecule has 0 aliphatic carbocycles. The van der Waals surface area contributed by atoms with Crippen molar-refractivity contribution >= 4 is 23.7 Å². The number of rotatable bonds is 8. The van der Waals surface area contributed by atoms with Gasteiger partial charge in [0.05, 0.1) is 26.2 Å². The molecule has 1 fully saturated rings. The number of hydrogen-bond acceptors (Lipinski definition) is 8. The molecule has 1 rings (SSSR count). The highest BCUT2D eigenvalue weighted by Crippen LogP contribution is 2.01. The van der Waals surface area contributed by atoms with E-state index in [0.717, 1.165) is 0 Å². The van der Waals surface area contributed by atoms with Crippen molar-refractivity contribution in [3.63, 3.8) is 0 Å². The predicted octanol–water partition coefficient (Wildman–Crippen LogP) is -0.923. The summed E-state index contributed by atoms with van der Waals surface area (Å²) in [6.07, 6.45) is 0. The molecule has 1 aliphatic heterocycles. The van der Waals surface area contributed by atoms with Gasteiger partial charge in [-0.2, -0.15) is 0 Å². The normalized spacial score (nSPS) is 18.4. The van der Waals surface area contributed by atoms with Gasteiger partial charge in [0.15, 0.2) is 0 Å². The Bertz CT molecular complexity index is 447. The molecule has 1 aliphatic rings. The Labute approximate surface area is 177 Å². The van der Waals surface area contributed by atoms with E-state index in [1.165, 1.54) is 6.92 Å². The summed E-state index contributed by atoms with van der Waals surface area (Å²) in [4.78, 5) is 51.9. The van der Waals surface area contributed by atoms with Crippen LogP contribution in [0.5, 0.6) is 0 Å². The standard InChI is InChI=1S/C17H30N4O7.C2H6/c1-14(22)10-18-2-4-19(11-15(23)24)6-8-21(13-17(27)28)9-7-20(5-3-18)12-16(25)26;1-2/h2-13H2,1H3,(H,23,24)(H,25,26)(H,27,28);1-2H3. The Morgan fingerprint density at radius 2 is 0.733 bits per heavy atom. The minimum atomic E-state index is -0.991. The predicted molar refractivity (Wildman–Crippen MR) is 111 cm³/mol. The van der Waals surface area contributed by atoms with Crippen LogP contribution in [0.4, 0.5) is 0 Å². The lowest BCUT2D eigenvalue weighted by Gasteiger charge is -2.32. The topological polar surface area (TPSA) is 142 Å². The van der Waals surface area contributed by atoms with Crippen LogP contribution in [0.15, 0.2) is 0 Å². The maximum Gasteiger partial charge on any atom is 0.317 e. The fourth-order valence-corrected chi connectivity index (χ4v) is 3.10. The van der Waals surface area contributed by atoms with Gasteiger partial charge < -0.3 is 15.3 Å². The highest BCUT2D eigenvalue weighted by molar-refractivity contribution is 5.77. The minimum absolute atomic E-state index is 0.0192. The second kappa shape index (κ2) is 15.7. The van der Waals surface area contributed by atoms with Gasteiger partial charge in [0.25, 0.3) is 0 Å². The van der Waals surface area contributed by atoms with Gasteiger partial charge in [-0.05, 0) is 6.92 Å². The lowest BCUT2D eigenvalue weighted by atomic mass is 10.3. The number of carboxylic acid groups (broad SMARTS) is 3. The molecule has 0 aromatic rings. The molecule has 0 bridgehead atoms. The number of hydrogen-bond donors (Lipinski definition) is 3. The Hall–Kier alpha value is -2.08. The Kier molecular flexibility index (Phi) is 14.6. The summed E-state index contributed by atoms with van der Waals surface area (Å²) in [6.45, 7) is 8.37. The first kappa shape index (κ1) is 27.9. The van der Waals surface area contributed by atoms with Crippen molar-refractivity contribution in [3.05, 3.63) is 0 Å². The van der Waals surface area contributed by atoms with Gasteiger partial charge in [-0.1, -0.05) is 13.8 Å². The van der Waals surface area contributed by atoms with Crippen LogP contribution in [0.25, 0.3) is 0 Å². The highest BCUT2D eigenvalue weighted by Gasteiger charge is 2.20. The number of nitrogens with zero attached hydrogens (tertiary/aromatic N) is 4. The van der Waals surface area contributed by atoms with E-state index in [0.29, 0.717) is 52.4 Å². The van der Waals surface area contributed by atoms with E-state index in [-0.39, 0.29) is 32.0 Å². The van der Waals surface area contributed by atoms with E-state index in [4.69, 9.17) is 15.3 Å². The molecule has 0 aromatic heterocycles. The molecule has 0 aromatic carbocycles. The zero-order valence-electron chi connectivity index (χ0n) is 18.2. The number of aliphatic carboxylic acids is 3. The molecular weight excluding hydrogens is 396 g/mol. The third-order valence-corrected chi connectivity index (χ3v) is 4.45. The Balaban J connectivity index is 0.00000407. The first-order valence-electron chi connectivity index (χ1n) is 10.2. The number of carboxylic acids is 3. The highest BCUT2D eigenvalue weighted by atomic mass is 16.4. The summed E-state index contributed by atoms with van der Waals surface area (Å²) < 4.78 is 0. The second-order valence-corrected chi connectivity index (χ2v) is 6.99. The van der Waals surface area contributed by atoms with Crippen LogP contribution >= 0.6 is 0 Å². The molecule has 11 nitrogen and oxygen atoms in total. The maximum atomic E-state index is 11.5. The summed E-state index contributed by atoms with van der Waals surface area (Å²) in [7, 11) is 0. The SMILES string of the molecule is CC.CC(=O)CN1CCN(CC(=O)O)CCN(CC(=O)O)CCN(CC(=O)O)CC1. The van der Waals surface area contributed by atoms with Gasteiger partial charge >= 0.3 is 17.9 Å². The van der Waals surface area contributed by atoms with Gasteiger partial charge in [-0.3, -0.25) is 38.8 Å². The van der Waals surface area contributed by atoms with Gasteiger partial charge in [-0.15, -0.1) is 0 Å². The van der Waals surface area contributed by atoms with Crippen molar-refractivity contribution in [3.8, 4) is 0 Å². The summed E-state index contributed by atoms with van der Waals surface area (Å²) in [6, 6.07) is 0. The summed E-state index contributed by atoms with van der Waals surface area (Å²) in [5.41, 5.74) is 0. The Morgan fingerprint density at radius 3 is 0.900 bits per heavy atom. The van der Waals surface area contributed by atoms with Crippen LogP contribution in [0.1, 0.15) is 20.8 Å². The minimum Gasteiger partial charge on any atom is -0.480 e. The molecule has 0 spiro atoms. The molecule has 1 heterocycles. The molecule has 174 valence electrons. The number of Topliss-reactive ketones (excluding diaryl/α,β-unsaturated/α-hetero) is 1. The van der Waals surface area contributed by atoms with Crippen molar-refractivity contribution in [1.29, 1.82) is 0 Å². The van der Waals surface area contributed by atoms with Crippen molar-refractivity contribution in [2.45, 2.75) is 20.8 Å². The van der Waals surface area contributed by atoms with Crippen LogP contribution in [-0.2, 0) is 19.2 Å². The van der Waals surface area contributed by atoms with Gasteiger partial charge in [0.1, 0.15) is 5.78 Å². The third kappa shape index (κ3) is 14.0. The fourth-order valence-electron chi connectivity index (χ4n) is 3.10. The van der Waals surface area contributed by atoms with Crippen molar-refractivity contribution in [2.24, 2.45) is 0 Å². The summed E-state index contributed by atoms with van der Waals surface area (Å²) in [5.74, 6) is -2.95. The molecule has 0 unspecified atom stereocenters. The molecule has 0 amide bonds. The van der Waals surface area contributed by atoms with Gasteiger partial charge in [0.2, 0.25) is 0 Å². The average molecular weight is 433 g/mol. The molecule has 0 saturated carbocycles. The average Bonchev–Trinajstić information content (AvgIpc) is 2.64. The molecule has 30 heavy (non-hydrogen) atoms. The van der Waals surface area contributed by atoms with Gasteiger partial charge in [0, 0.05) is 52.4 Å². The Morgan fingerprint density at radius 1 is 0.533 bits per heavy atom. The van der Waals surface area contributed by atoms with Crippen LogP contribution in [0.2, 0.25) is 0 Å². The van der Waals surface area contributed by atoms with E-state index in [2.05, 4.69) is 0 Å². The van der Waals surface area contributed by atoms with Crippen LogP contribution in [0, 0.1) is 0 Å². The lowest BCUT2D eigenvalue weighted by Crippen LogP contribution is -2.49. The smallest absolute Gasteiger partial charge is 0.317 e. The number of carbonyl (C=O) groups excluding carboxylic acids is 1. The van der Waals surface area contributed by atoms with E-state index in [1.807, 2.05) is 18.7 Å². The molecule has 11 heteroatoms. The third-order valence-electron chi connectivity index (χ3n) is 4.45. The summed E-state index contributed by atoms with van der Waals surface area (Å²) >= 11 is 0. The van der Waals surface area contributed by atoms with E-state index >= 15 is 0 Å². The monoisotopic (exact) mass is 432 g/mol. The van der Waals surface area contributed by atoms with Crippen molar-refractivity contribution < 1.29 is 34.5 Å². The maximum absolute atomic E-state index is 11.5. The quantitative estimate of drug-likeness (QED) is 0.438. The fraction of sp³-hybridized carbons (Fsp3) is 0.789. The first-order valence-corrected chi connectivity index (χ1v) is 10.2. The molecule has 0 atom stereocenters. The zero-order chi connectivity index (χ0) is 23.1. The molecule has 1 saturated heterocycles. The van der Waals surface area contributed by atoms with E-state index in [9.17, 15) is 19.2 Å². The molecule has 3 N–H and O–H groups in total. The van der Waals surface area contributed by atoms with Gasteiger partial charge in [-0.25, -0.2) is 0 Å². The molecular formula is C19H36N4O7. The number of ketones is 1. The first-order chi connectivity index (χ1) is 14.2. The van der Waals surface area contributed by atoms with E-state index < -0.39 is 17.9 Å². The van der Waals surface area contributed by atoms with Crippen LogP contribution in [0.3, 0.4) is 0 Å². The van der Waals surface area contributed by atoms with Crippen LogP contribution in [-0.4, -0.2) is 137 Å². The van der Waals surface area contributed by atoms with Crippen molar-refractivity contribution in [1.82, 2.24) is 19.6 Å². The summed E-state index contributed by atoms with van der Waals surface area (Å²) in [5, 5.41) is 27.3. The van der Waals surface area contributed by atoms with E-state index in [1.54, 1.807) is 14.7 Å². The van der Waals surface area contributed by atoms with Crippen molar-refractivity contribution in [2.75, 3.05) is 78.5 Å². The van der Waals surface area contributed by atoms with Crippen LogP contribution < -0.4 is 0 Å².